The fraction of sp³-hybridized carbons (Fsp3) is 0.667. The number of aromatic nitrogens is 2. The van der Waals surface area contributed by atoms with Crippen LogP contribution >= 0.6 is 0 Å². The van der Waals surface area contributed by atoms with Crippen molar-refractivity contribution < 1.29 is 0 Å². The Hall–Kier alpha value is -0.990. The van der Waals surface area contributed by atoms with Gasteiger partial charge in [0.15, 0.2) is 0 Å². The van der Waals surface area contributed by atoms with Gasteiger partial charge in [-0.05, 0) is 19.3 Å². The van der Waals surface area contributed by atoms with Gasteiger partial charge < -0.3 is 9.88 Å². The van der Waals surface area contributed by atoms with Crippen molar-refractivity contribution in [2.24, 2.45) is 0 Å². The van der Waals surface area contributed by atoms with Crippen LogP contribution in [-0.4, -0.2) is 16.1 Å². The van der Waals surface area contributed by atoms with Crippen molar-refractivity contribution in [3.8, 4) is 0 Å². The molecule has 1 fully saturated rings. The van der Waals surface area contributed by atoms with Crippen LogP contribution in [0.15, 0.2) is 6.20 Å². The first-order valence-corrected chi connectivity index (χ1v) is 4.74. The van der Waals surface area contributed by atoms with E-state index >= 15 is 0 Å². The van der Waals surface area contributed by atoms with Crippen molar-refractivity contribution in [3.63, 3.8) is 0 Å². The van der Waals surface area contributed by atoms with Gasteiger partial charge in [0.1, 0.15) is 11.6 Å². The lowest BCUT2D eigenvalue weighted by Crippen LogP contribution is -2.17. The fourth-order valence-corrected chi connectivity index (χ4v) is 1.89. The van der Waals surface area contributed by atoms with Gasteiger partial charge in [0, 0.05) is 19.0 Å². The lowest BCUT2D eigenvalue weighted by molar-refractivity contribution is 0.601. The molecule has 0 bridgehead atoms. The average Bonchev–Trinajstić information content (AvgIpc) is 2.86. The van der Waals surface area contributed by atoms with Crippen molar-refractivity contribution in [3.05, 3.63) is 12.0 Å². The van der Waals surface area contributed by atoms with Gasteiger partial charge in [-0.2, -0.15) is 0 Å². The third-order valence-corrected chi connectivity index (χ3v) is 2.69. The highest BCUT2D eigenvalue weighted by atomic mass is 15.2. The summed E-state index contributed by atoms with van der Waals surface area (Å²) >= 11 is 0. The highest BCUT2D eigenvalue weighted by Crippen LogP contribution is 2.40. The maximum atomic E-state index is 4.46. The Kier molecular flexibility index (Phi) is 1.22. The molecule has 1 saturated carbocycles. The molecule has 64 valence electrons. The topological polar surface area (TPSA) is 29.9 Å². The van der Waals surface area contributed by atoms with E-state index in [0.717, 1.165) is 19.0 Å². The standard InChI is InChI=1S/C9H13N3/c1-4-10-8-6-11-9(7-2-3-7)12(8)5-1/h6-7,10H,1-5H2. The van der Waals surface area contributed by atoms with Crippen LogP contribution in [0.3, 0.4) is 0 Å². The van der Waals surface area contributed by atoms with Crippen LogP contribution < -0.4 is 5.32 Å². The molecular weight excluding hydrogens is 150 g/mol. The lowest BCUT2D eigenvalue weighted by Gasteiger charge is -2.17. The summed E-state index contributed by atoms with van der Waals surface area (Å²) in [6, 6.07) is 0. The molecule has 3 rings (SSSR count). The molecule has 2 heterocycles. The number of rotatable bonds is 1. The molecule has 1 aromatic heterocycles. The second kappa shape index (κ2) is 2.25. The van der Waals surface area contributed by atoms with Crippen LogP contribution in [0.5, 0.6) is 0 Å². The van der Waals surface area contributed by atoms with Gasteiger partial charge in [0.2, 0.25) is 0 Å². The maximum absolute atomic E-state index is 4.46. The largest absolute Gasteiger partial charge is 0.370 e. The van der Waals surface area contributed by atoms with E-state index in [0.29, 0.717) is 0 Å². The predicted molar refractivity (Wildman–Crippen MR) is 47.3 cm³/mol. The van der Waals surface area contributed by atoms with Gasteiger partial charge in [0.05, 0.1) is 6.20 Å². The van der Waals surface area contributed by atoms with Gasteiger partial charge in [-0.25, -0.2) is 4.98 Å². The zero-order valence-corrected chi connectivity index (χ0v) is 7.08. The van der Waals surface area contributed by atoms with Crippen LogP contribution in [0.25, 0.3) is 0 Å². The number of imidazole rings is 1. The van der Waals surface area contributed by atoms with Crippen LogP contribution in [0, 0.1) is 0 Å². The quantitative estimate of drug-likeness (QED) is 0.681. The summed E-state index contributed by atoms with van der Waals surface area (Å²) in [5.41, 5.74) is 0. The Bertz CT molecular complexity index is 299. The molecule has 0 aromatic carbocycles. The van der Waals surface area contributed by atoms with E-state index < -0.39 is 0 Å². The lowest BCUT2D eigenvalue weighted by atomic mass is 10.3. The highest BCUT2D eigenvalue weighted by Gasteiger charge is 2.29. The Morgan fingerprint density at radius 2 is 2.42 bits per heavy atom. The molecule has 0 saturated heterocycles. The summed E-state index contributed by atoms with van der Waals surface area (Å²) in [4.78, 5) is 4.46. The molecule has 0 radical (unpaired) electrons. The molecule has 1 aliphatic carbocycles. The Morgan fingerprint density at radius 1 is 1.50 bits per heavy atom. The average molecular weight is 163 g/mol. The number of anilines is 1. The second-order valence-corrected chi connectivity index (χ2v) is 3.71. The molecule has 3 nitrogen and oxygen atoms in total. The highest BCUT2D eigenvalue weighted by molar-refractivity contribution is 5.37. The zero-order valence-electron chi connectivity index (χ0n) is 7.08. The molecule has 1 aromatic rings. The summed E-state index contributed by atoms with van der Waals surface area (Å²) in [5.74, 6) is 3.32. The van der Waals surface area contributed by atoms with Gasteiger partial charge >= 0.3 is 0 Å². The predicted octanol–water partition coefficient (Wildman–Crippen LogP) is 1.58. The van der Waals surface area contributed by atoms with Gasteiger partial charge in [-0.1, -0.05) is 0 Å². The van der Waals surface area contributed by atoms with Gasteiger partial charge in [-0.15, -0.1) is 0 Å². The molecular formula is C9H13N3. The Morgan fingerprint density at radius 3 is 3.25 bits per heavy atom. The van der Waals surface area contributed by atoms with Gasteiger partial charge in [-0.3, -0.25) is 0 Å². The van der Waals surface area contributed by atoms with E-state index in [-0.39, 0.29) is 0 Å². The van der Waals surface area contributed by atoms with E-state index in [4.69, 9.17) is 0 Å². The minimum Gasteiger partial charge on any atom is -0.370 e. The number of hydrogen-bond acceptors (Lipinski definition) is 2. The summed E-state index contributed by atoms with van der Waals surface area (Å²) in [5, 5.41) is 3.37. The number of nitrogens with one attached hydrogen (secondary N) is 1. The molecule has 3 heteroatoms. The summed E-state index contributed by atoms with van der Waals surface area (Å²) < 4.78 is 2.35. The van der Waals surface area contributed by atoms with E-state index in [1.54, 1.807) is 0 Å². The summed E-state index contributed by atoms with van der Waals surface area (Å²) in [7, 11) is 0. The third-order valence-electron chi connectivity index (χ3n) is 2.69. The minimum absolute atomic E-state index is 0.777. The summed E-state index contributed by atoms with van der Waals surface area (Å²) in [6.07, 6.45) is 5.91. The van der Waals surface area contributed by atoms with E-state index in [2.05, 4.69) is 14.9 Å². The first-order chi connectivity index (χ1) is 5.95. The van der Waals surface area contributed by atoms with Crippen molar-refractivity contribution in [1.82, 2.24) is 9.55 Å². The van der Waals surface area contributed by atoms with E-state index in [1.165, 1.54) is 30.9 Å². The Balaban J connectivity index is 2.03. The van der Waals surface area contributed by atoms with E-state index in [9.17, 15) is 0 Å². The second-order valence-electron chi connectivity index (χ2n) is 3.71. The molecule has 0 amide bonds. The SMILES string of the molecule is c1nc(C2CC2)n2c1NCCC2. The van der Waals surface area contributed by atoms with Gasteiger partial charge in [0.25, 0.3) is 0 Å². The first kappa shape index (κ1) is 6.52. The Labute approximate surface area is 71.8 Å². The fourth-order valence-electron chi connectivity index (χ4n) is 1.89. The molecule has 2 aliphatic rings. The summed E-state index contributed by atoms with van der Waals surface area (Å²) in [6.45, 7) is 2.27. The van der Waals surface area contributed by atoms with Crippen LogP contribution in [0.2, 0.25) is 0 Å². The molecule has 0 spiro atoms. The smallest absolute Gasteiger partial charge is 0.126 e. The minimum atomic E-state index is 0.777. The monoisotopic (exact) mass is 163 g/mol. The number of fused-ring (bicyclic) bond motifs is 1. The van der Waals surface area contributed by atoms with Crippen molar-refractivity contribution in [2.75, 3.05) is 11.9 Å². The van der Waals surface area contributed by atoms with Crippen molar-refractivity contribution >= 4 is 5.82 Å². The van der Waals surface area contributed by atoms with Crippen molar-refractivity contribution in [1.29, 1.82) is 0 Å². The zero-order chi connectivity index (χ0) is 7.97. The van der Waals surface area contributed by atoms with E-state index in [1.807, 2.05) is 6.20 Å². The molecule has 12 heavy (non-hydrogen) atoms. The molecule has 0 unspecified atom stereocenters. The molecule has 0 atom stereocenters. The van der Waals surface area contributed by atoms with Crippen LogP contribution in [0.4, 0.5) is 5.82 Å². The maximum Gasteiger partial charge on any atom is 0.126 e. The van der Waals surface area contributed by atoms with Crippen LogP contribution in [0.1, 0.15) is 31.0 Å². The third kappa shape index (κ3) is 0.854. The number of hydrogen-bond donors (Lipinski definition) is 1. The van der Waals surface area contributed by atoms with Crippen LogP contribution in [-0.2, 0) is 6.54 Å². The molecule has 1 N–H and O–H groups in total. The number of nitrogens with zero attached hydrogens (tertiary/aromatic N) is 2. The first-order valence-electron chi connectivity index (χ1n) is 4.74. The molecule has 1 aliphatic heterocycles. The normalized spacial score (nSPS) is 21.7. The van der Waals surface area contributed by atoms with Crippen molar-refractivity contribution in [2.45, 2.75) is 31.7 Å².